The number of anilines is 1. The highest BCUT2D eigenvalue weighted by molar-refractivity contribution is 7.80. The van der Waals surface area contributed by atoms with Crippen LogP contribution < -0.4 is 15.8 Å². The van der Waals surface area contributed by atoms with E-state index in [1.165, 1.54) is 12.4 Å². The average Bonchev–Trinajstić information content (AvgIpc) is 2.47. The molecule has 0 spiro atoms. The molecule has 1 amide bonds. The summed E-state index contributed by atoms with van der Waals surface area (Å²) in [5, 5.41) is 10.00. The van der Waals surface area contributed by atoms with E-state index in [9.17, 15) is 4.79 Å². The molecule has 7 heteroatoms. The monoisotopic (exact) mass is 288 g/mol. The van der Waals surface area contributed by atoms with Crippen molar-refractivity contribution in [1.82, 2.24) is 10.2 Å². The molecule has 0 aliphatic rings. The van der Waals surface area contributed by atoms with E-state index in [1.54, 1.807) is 30.3 Å². The minimum atomic E-state index is -0.253. The molecule has 2 rings (SSSR count). The van der Waals surface area contributed by atoms with E-state index in [2.05, 4.69) is 15.5 Å². The number of hydrogen-bond donors (Lipinski definition) is 2. The van der Waals surface area contributed by atoms with Gasteiger partial charge in [0.2, 0.25) is 0 Å². The van der Waals surface area contributed by atoms with Gasteiger partial charge in [-0.1, -0.05) is 12.2 Å². The second kappa shape index (κ2) is 6.58. The smallest absolute Gasteiger partial charge is 0.257 e. The quantitative estimate of drug-likeness (QED) is 0.808. The van der Waals surface area contributed by atoms with Crippen LogP contribution in [-0.2, 0) is 0 Å². The predicted molar refractivity (Wildman–Crippen MR) is 78.7 cm³/mol. The topological polar surface area (TPSA) is 90.1 Å². The van der Waals surface area contributed by atoms with E-state index in [-0.39, 0.29) is 17.5 Å². The highest BCUT2D eigenvalue weighted by Gasteiger charge is 2.06. The number of nitrogens with zero attached hydrogens (tertiary/aromatic N) is 2. The number of rotatable bonds is 5. The Kier molecular flexibility index (Phi) is 4.56. The molecule has 1 heterocycles. The Morgan fingerprint density at radius 1 is 1.25 bits per heavy atom. The number of nitrogens with one attached hydrogen (secondary N) is 1. The molecule has 3 N–H and O–H groups in total. The van der Waals surface area contributed by atoms with Gasteiger partial charge in [-0.15, -0.1) is 0 Å². The zero-order chi connectivity index (χ0) is 14.4. The summed E-state index contributed by atoms with van der Waals surface area (Å²) in [6.45, 7) is 0.184. The van der Waals surface area contributed by atoms with Gasteiger partial charge >= 0.3 is 0 Å². The van der Waals surface area contributed by atoms with E-state index < -0.39 is 0 Å². The number of carbonyl (C=O) groups is 1. The molecule has 20 heavy (non-hydrogen) atoms. The van der Waals surface area contributed by atoms with Gasteiger partial charge in [-0.2, -0.15) is 10.2 Å². The van der Waals surface area contributed by atoms with Crippen molar-refractivity contribution in [1.29, 1.82) is 0 Å². The number of thiocarbonyl (C=S) groups is 1. The minimum Gasteiger partial charge on any atom is -0.487 e. The summed E-state index contributed by atoms with van der Waals surface area (Å²) >= 11 is 4.72. The van der Waals surface area contributed by atoms with E-state index in [0.717, 1.165) is 0 Å². The van der Waals surface area contributed by atoms with Gasteiger partial charge in [0, 0.05) is 5.69 Å². The number of aromatic nitrogens is 2. The summed E-state index contributed by atoms with van der Waals surface area (Å²) in [5.41, 5.74) is 6.43. The lowest BCUT2D eigenvalue weighted by Gasteiger charge is -2.07. The largest absolute Gasteiger partial charge is 0.487 e. The average molecular weight is 288 g/mol. The molecule has 0 atom stereocenters. The van der Waals surface area contributed by atoms with Crippen LogP contribution in [0.1, 0.15) is 10.4 Å². The van der Waals surface area contributed by atoms with Gasteiger partial charge in [0.25, 0.3) is 5.91 Å². The third-order valence-electron chi connectivity index (χ3n) is 2.34. The number of nitrogens with two attached hydrogens (primary N) is 1. The second-order valence-electron chi connectivity index (χ2n) is 3.86. The first-order chi connectivity index (χ1) is 9.65. The lowest BCUT2D eigenvalue weighted by Crippen LogP contribution is -2.17. The van der Waals surface area contributed by atoms with Gasteiger partial charge in [0.1, 0.15) is 17.3 Å². The van der Waals surface area contributed by atoms with Crippen molar-refractivity contribution < 1.29 is 9.53 Å². The molecular weight excluding hydrogens is 276 g/mol. The fourth-order valence-electron chi connectivity index (χ4n) is 1.42. The summed E-state index contributed by atoms with van der Waals surface area (Å²) in [7, 11) is 0. The standard InChI is InChI=1S/C13H12N4O2S/c14-12(20)8-19-11-3-1-10(2-4-11)17-13(18)9-5-6-15-16-7-9/h1-7H,8H2,(H2,14,20)(H,17,18). The first-order valence-corrected chi connectivity index (χ1v) is 6.15. The molecule has 102 valence electrons. The maximum absolute atomic E-state index is 11.9. The summed E-state index contributed by atoms with van der Waals surface area (Å²) in [4.78, 5) is 12.2. The molecule has 0 saturated heterocycles. The molecule has 0 fully saturated rings. The lowest BCUT2D eigenvalue weighted by atomic mass is 10.2. The van der Waals surface area contributed by atoms with Crippen molar-refractivity contribution in [2.24, 2.45) is 5.73 Å². The first-order valence-electron chi connectivity index (χ1n) is 5.74. The van der Waals surface area contributed by atoms with Crippen LogP contribution >= 0.6 is 12.2 Å². The molecule has 1 aromatic heterocycles. The van der Waals surface area contributed by atoms with E-state index in [0.29, 0.717) is 17.0 Å². The summed E-state index contributed by atoms with van der Waals surface area (Å²) in [5.74, 6) is 0.373. The summed E-state index contributed by atoms with van der Waals surface area (Å²) < 4.78 is 5.31. The number of carbonyl (C=O) groups excluding carboxylic acids is 1. The van der Waals surface area contributed by atoms with Crippen LogP contribution in [0.5, 0.6) is 5.75 Å². The maximum atomic E-state index is 11.9. The molecule has 1 aromatic carbocycles. The van der Waals surface area contributed by atoms with Crippen molar-refractivity contribution in [2.45, 2.75) is 0 Å². The van der Waals surface area contributed by atoms with Gasteiger partial charge in [0.05, 0.1) is 18.0 Å². The maximum Gasteiger partial charge on any atom is 0.257 e. The number of benzene rings is 1. The third-order valence-corrected chi connectivity index (χ3v) is 2.46. The molecular formula is C13H12N4O2S. The Hall–Kier alpha value is -2.54. The van der Waals surface area contributed by atoms with E-state index in [4.69, 9.17) is 22.7 Å². The molecule has 0 aliphatic heterocycles. The van der Waals surface area contributed by atoms with Gasteiger partial charge in [-0.25, -0.2) is 0 Å². The SMILES string of the molecule is NC(=S)COc1ccc(NC(=O)c2ccnnc2)cc1. The normalized spacial score (nSPS) is 9.80. The predicted octanol–water partition coefficient (Wildman–Crippen LogP) is 1.39. The van der Waals surface area contributed by atoms with Crippen molar-refractivity contribution in [3.63, 3.8) is 0 Å². The Balaban J connectivity index is 1.97. The zero-order valence-corrected chi connectivity index (χ0v) is 11.3. The van der Waals surface area contributed by atoms with Gasteiger partial charge in [-0.05, 0) is 30.3 Å². The van der Waals surface area contributed by atoms with Crippen LogP contribution in [0.2, 0.25) is 0 Å². The summed E-state index contributed by atoms with van der Waals surface area (Å²) in [6, 6.07) is 8.47. The number of hydrogen-bond acceptors (Lipinski definition) is 5. The van der Waals surface area contributed by atoms with Gasteiger partial charge < -0.3 is 15.8 Å². The fraction of sp³-hybridized carbons (Fsp3) is 0.0769. The van der Waals surface area contributed by atoms with Crippen LogP contribution in [0.3, 0.4) is 0 Å². The summed E-state index contributed by atoms with van der Waals surface area (Å²) in [6.07, 6.45) is 2.86. The Morgan fingerprint density at radius 2 is 2.00 bits per heavy atom. The van der Waals surface area contributed by atoms with Crippen LogP contribution in [0.25, 0.3) is 0 Å². The molecule has 0 bridgehead atoms. The fourth-order valence-corrected chi connectivity index (χ4v) is 1.48. The second-order valence-corrected chi connectivity index (χ2v) is 4.39. The molecule has 0 aliphatic carbocycles. The third kappa shape index (κ3) is 3.99. The molecule has 0 unspecified atom stereocenters. The Labute approximate surface area is 121 Å². The van der Waals surface area contributed by atoms with Gasteiger partial charge in [0.15, 0.2) is 0 Å². The van der Waals surface area contributed by atoms with Crippen molar-refractivity contribution in [3.8, 4) is 5.75 Å². The van der Waals surface area contributed by atoms with E-state index in [1.807, 2.05) is 0 Å². The van der Waals surface area contributed by atoms with Crippen LogP contribution in [0, 0.1) is 0 Å². The Morgan fingerprint density at radius 3 is 2.60 bits per heavy atom. The highest BCUT2D eigenvalue weighted by atomic mass is 32.1. The van der Waals surface area contributed by atoms with Crippen molar-refractivity contribution in [2.75, 3.05) is 11.9 Å². The highest BCUT2D eigenvalue weighted by Crippen LogP contribution is 2.16. The molecule has 0 saturated carbocycles. The molecule has 6 nitrogen and oxygen atoms in total. The van der Waals surface area contributed by atoms with Gasteiger partial charge in [-0.3, -0.25) is 4.79 Å². The van der Waals surface area contributed by atoms with E-state index >= 15 is 0 Å². The molecule has 0 radical (unpaired) electrons. The van der Waals surface area contributed by atoms with Crippen LogP contribution in [-0.4, -0.2) is 27.7 Å². The minimum absolute atomic E-state index is 0.184. The number of amides is 1. The Bertz CT molecular complexity index is 602. The molecule has 2 aromatic rings. The van der Waals surface area contributed by atoms with Crippen LogP contribution in [0.4, 0.5) is 5.69 Å². The lowest BCUT2D eigenvalue weighted by molar-refractivity contribution is 0.102. The van der Waals surface area contributed by atoms with Crippen molar-refractivity contribution >= 4 is 28.8 Å². The first kappa shape index (κ1) is 13.9. The van der Waals surface area contributed by atoms with Crippen LogP contribution in [0.15, 0.2) is 42.7 Å². The zero-order valence-electron chi connectivity index (χ0n) is 10.4. The van der Waals surface area contributed by atoms with Crippen molar-refractivity contribution in [3.05, 3.63) is 48.3 Å². The number of ether oxygens (including phenoxy) is 1.